The topological polar surface area (TPSA) is 91.4 Å². The van der Waals surface area contributed by atoms with Gasteiger partial charge in [0.25, 0.3) is 5.91 Å². The fourth-order valence-electron chi connectivity index (χ4n) is 10.3. The molecule has 51 heavy (non-hydrogen) atoms. The molecular formula is C40H55ClN4O5S. The zero-order valence-corrected chi connectivity index (χ0v) is 31.9. The smallest absolute Gasteiger partial charge is 0.264 e. The minimum absolute atomic E-state index is 0.0654. The molecule has 3 fully saturated rings. The van der Waals surface area contributed by atoms with E-state index in [4.69, 9.17) is 21.1 Å². The van der Waals surface area contributed by atoms with E-state index in [9.17, 15) is 13.2 Å². The van der Waals surface area contributed by atoms with Crippen LogP contribution < -0.4 is 14.4 Å². The third-order valence-electron chi connectivity index (χ3n) is 13.6. The van der Waals surface area contributed by atoms with Gasteiger partial charge >= 0.3 is 0 Å². The fourth-order valence-corrected chi connectivity index (χ4v) is 11.8. The highest BCUT2D eigenvalue weighted by Gasteiger charge is 2.45. The Kier molecular flexibility index (Phi) is 10.1. The van der Waals surface area contributed by atoms with Crippen molar-refractivity contribution >= 4 is 33.2 Å². The van der Waals surface area contributed by atoms with Crippen molar-refractivity contribution in [2.24, 2.45) is 23.7 Å². The lowest BCUT2D eigenvalue weighted by atomic mass is 9.65. The maximum absolute atomic E-state index is 13.6. The largest absolute Gasteiger partial charge is 0.490 e. The fraction of sp³-hybridized carbons (Fsp3) is 0.675. The minimum atomic E-state index is -3.87. The van der Waals surface area contributed by atoms with Crippen LogP contribution in [0.3, 0.4) is 0 Å². The number of nitrogens with one attached hydrogen (secondary N) is 1. The summed E-state index contributed by atoms with van der Waals surface area (Å²) in [6.45, 7) is 13.0. The maximum atomic E-state index is 13.6. The molecule has 2 aromatic rings. The monoisotopic (exact) mass is 738 g/mol. The van der Waals surface area contributed by atoms with Crippen LogP contribution in [-0.4, -0.2) is 101 Å². The summed E-state index contributed by atoms with van der Waals surface area (Å²) < 4.78 is 42.1. The number of aryl methyl sites for hydroxylation is 1. The molecule has 2 bridgehead atoms. The first-order valence-corrected chi connectivity index (χ1v) is 21.4. The van der Waals surface area contributed by atoms with Crippen molar-refractivity contribution in [1.82, 2.24) is 14.5 Å². The number of hydrogen-bond acceptors (Lipinski definition) is 8. The molecule has 8 rings (SSSR count). The molecule has 0 aromatic heterocycles. The molecule has 0 radical (unpaired) electrons. The van der Waals surface area contributed by atoms with Gasteiger partial charge in [-0.2, -0.15) is 0 Å². The van der Waals surface area contributed by atoms with Crippen LogP contribution in [0.1, 0.15) is 80.3 Å². The van der Waals surface area contributed by atoms with Crippen molar-refractivity contribution in [2.75, 3.05) is 70.5 Å². The van der Waals surface area contributed by atoms with E-state index in [2.05, 4.69) is 31.6 Å². The molecule has 1 spiro atoms. The van der Waals surface area contributed by atoms with Gasteiger partial charge in [0.05, 0.1) is 30.8 Å². The van der Waals surface area contributed by atoms with Gasteiger partial charge in [0.2, 0.25) is 10.0 Å². The lowest BCUT2D eigenvalue weighted by Crippen LogP contribution is -2.59. The first-order chi connectivity index (χ1) is 24.6. The van der Waals surface area contributed by atoms with Crippen LogP contribution in [0.25, 0.3) is 0 Å². The molecule has 7 atom stereocenters. The normalized spacial score (nSPS) is 34.6. The van der Waals surface area contributed by atoms with Gasteiger partial charge in [-0.3, -0.25) is 9.69 Å². The highest BCUT2D eigenvalue weighted by Crippen LogP contribution is 2.48. The quantitative estimate of drug-likeness (QED) is 0.418. The first kappa shape index (κ1) is 35.6. The summed E-state index contributed by atoms with van der Waals surface area (Å²) in [4.78, 5) is 21.4. The number of fused-ring (bicyclic) bond motifs is 5. The number of anilines is 1. The number of morpholine rings is 1. The zero-order valence-electron chi connectivity index (χ0n) is 30.3. The third-order valence-corrected chi connectivity index (χ3v) is 15.8. The molecule has 1 unspecified atom stereocenters. The van der Waals surface area contributed by atoms with Crippen molar-refractivity contribution in [3.05, 3.63) is 58.1 Å². The van der Waals surface area contributed by atoms with Crippen molar-refractivity contribution in [2.45, 2.75) is 81.9 Å². The molecule has 2 saturated heterocycles. The Balaban J connectivity index is 1.14. The summed E-state index contributed by atoms with van der Waals surface area (Å²) in [6.07, 6.45) is 8.42. The van der Waals surface area contributed by atoms with E-state index in [0.29, 0.717) is 36.0 Å². The van der Waals surface area contributed by atoms with Crippen LogP contribution in [-0.2, 0) is 26.6 Å². The molecule has 2 aliphatic carbocycles. The van der Waals surface area contributed by atoms with E-state index in [1.807, 2.05) is 25.1 Å². The molecule has 9 nitrogen and oxygen atoms in total. The number of halogens is 1. The number of carbonyl (C=O) groups is 1. The predicted molar refractivity (Wildman–Crippen MR) is 201 cm³/mol. The number of piperazine rings is 1. The predicted octanol–water partition coefficient (Wildman–Crippen LogP) is 5.74. The van der Waals surface area contributed by atoms with Crippen LogP contribution in [0, 0.1) is 23.7 Å². The van der Waals surface area contributed by atoms with Gasteiger partial charge in [-0.1, -0.05) is 31.0 Å². The molecule has 278 valence electrons. The summed E-state index contributed by atoms with van der Waals surface area (Å²) in [5.74, 6) is 1.80. The molecule has 4 aliphatic heterocycles. The molecule has 4 heterocycles. The van der Waals surface area contributed by atoms with Gasteiger partial charge in [-0.05, 0) is 117 Å². The highest BCUT2D eigenvalue weighted by molar-refractivity contribution is 7.90. The number of carbonyl (C=O) groups excluding carboxylic acids is 1. The van der Waals surface area contributed by atoms with E-state index >= 15 is 0 Å². The standard InChI is InChI=1S/C40H55ClN4O5S/c1-27-5-3-6-31(21-43-15-16-44-17-18-49-24-34(44)23-43)35-11-8-32(35)22-45-25-40(14-4-7-29-19-33(41)10-12-36(29)40)26-50-38-13-9-30(20-37(38)45)39(46)42-51(47,48)28(27)2/h9-10,12-13,19-20,27-28,31-32,34-35H,3-8,11,14-18,21-26H2,1-2H3,(H,42,46)/t27-,28?,31+,32-,34+,35-,40-/m0/s1. The Morgan fingerprint density at radius 2 is 1.88 bits per heavy atom. The Labute approximate surface area is 309 Å². The SMILES string of the molecule is CC1[C@@H](C)CCC[C@H](CN2CCN3CCOC[C@H]3C2)[C@@H]2CC[C@H]2CN2C[C@@]3(CCCc4cc(Cl)ccc43)COc3ccc(cc32)C(=O)NS1(=O)=O. The van der Waals surface area contributed by atoms with Crippen molar-refractivity contribution in [3.8, 4) is 5.75 Å². The highest BCUT2D eigenvalue weighted by atomic mass is 35.5. The van der Waals surface area contributed by atoms with Crippen molar-refractivity contribution in [3.63, 3.8) is 0 Å². The second-order valence-electron chi connectivity index (χ2n) is 16.7. The molecule has 1 saturated carbocycles. The van der Waals surface area contributed by atoms with Gasteiger partial charge in [0.15, 0.2) is 0 Å². The number of sulfonamides is 1. The van der Waals surface area contributed by atoms with E-state index in [-0.39, 0.29) is 11.3 Å². The number of ether oxygens (including phenoxy) is 2. The van der Waals surface area contributed by atoms with Crippen molar-refractivity contribution in [1.29, 1.82) is 0 Å². The molecule has 2 aromatic carbocycles. The van der Waals surface area contributed by atoms with Crippen molar-refractivity contribution < 1.29 is 22.7 Å². The Bertz CT molecular complexity index is 1720. The van der Waals surface area contributed by atoms with Crippen LogP contribution in [0.5, 0.6) is 5.75 Å². The van der Waals surface area contributed by atoms with Crippen LogP contribution in [0.2, 0.25) is 5.02 Å². The second kappa shape index (κ2) is 14.5. The molecule has 1 N–H and O–H groups in total. The third kappa shape index (κ3) is 7.17. The second-order valence-corrected chi connectivity index (χ2v) is 19.1. The van der Waals surface area contributed by atoms with E-state index in [1.54, 1.807) is 13.0 Å². The Hall–Kier alpha value is -2.37. The summed E-state index contributed by atoms with van der Waals surface area (Å²) >= 11 is 6.50. The molecular weight excluding hydrogens is 684 g/mol. The summed E-state index contributed by atoms with van der Waals surface area (Å²) in [5, 5.41) is 0.0905. The lowest BCUT2D eigenvalue weighted by molar-refractivity contribution is -0.0519. The average Bonchev–Trinajstić information content (AvgIpc) is 3.25. The van der Waals surface area contributed by atoms with E-state index < -0.39 is 21.2 Å². The number of hydrogen-bond donors (Lipinski definition) is 1. The molecule has 6 aliphatic rings. The first-order valence-electron chi connectivity index (χ1n) is 19.5. The zero-order chi connectivity index (χ0) is 35.3. The van der Waals surface area contributed by atoms with E-state index in [1.165, 1.54) is 24.0 Å². The number of nitrogens with zero attached hydrogens (tertiary/aromatic N) is 3. The average molecular weight is 739 g/mol. The summed E-state index contributed by atoms with van der Waals surface area (Å²) in [6, 6.07) is 12.3. The lowest BCUT2D eigenvalue weighted by Gasteiger charge is -2.49. The van der Waals surface area contributed by atoms with Crippen LogP contribution in [0.4, 0.5) is 5.69 Å². The van der Waals surface area contributed by atoms with Crippen LogP contribution in [0.15, 0.2) is 36.4 Å². The van der Waals surface area contributed by atoms with E-state index in [0.717, 1.165) is 114 Å². The van der Waals surface area contributed by atoms with Gasteiger partial charge < -0.3 is 19.3 Å². The van der Waals surface area contributed by atoms with Crippen LogP contribution >= 0.6 is 11.6 Å². The van der Waals surface area contributed by atoms with Gasteiger partial charge in [-0.15, -0.1) is 0 Å². The van der Waals surface area contributed by atoms with Gasteiger partial charge in [-0.25, -0.2) is 13.1 Å². The van der Waals surface area contributed by atoms with Gasteiger partial charge in [0.1, 0.15) is 5.75 Å². The maximum Gasteiger partial charge on any atom is 0.264 e. The molecule has 11 heteroatoms. The Morgan fingerprint density at radius 1 is 1.00 bits per heavy atom. The Morgan fingerprint density at radius 3 is 2.73 bits per heavy atom. The molecule has 1 amide bonds. The number of amides is 1. The number of benzene rings is 2. The minimum Gasteiger partial charge on any atom is -0.490 e. The summed E-state index contributed by atoms with van der Waals surface area (Å²) in [5.41, 5.74) is 3.65. The van der Waals surface area contributed by atoms with Gasteiger partial charge in [0, 0.05) is 67.9 Å². The summed E-state index contributed by atoms with van der Waals surface area (Å²) in [7, 11) is -3.87. The number of rotatable bonds is 2.